The first-order valence-corrected chi connectivity index (χ1v) is 8.78. The molecule has 1 aromatic rings. The van der Waals surface area contributed by atoms with Crippen LogP contribution < -0.4 is 16.0 Å². The zero-order valence-electron chi connectivity index (χ0n) is 13.8. The Labute approximate surface area is 146 Å². The Morgan fingerprint density at radius 2 is 2.17 bits per heavy atom. The van der Waals surface area contributed by atoms with Crippen molar-refractivity contribution in [2.45, 2.75) is 38.3 Å². The lowest BCUT2D eigenvalue weighted by Crippen LogP contribution is -2.51. The van der Waals surface area contributed by atoms with Gasteiger partial charge in [-0.3, -0.25) is 9.69 Å². The zero-order valence-corrected chi connectivity index (χ0v) is 14.6. The fourth-order valence-electron chi connectivity index (χ4n) is 3.47. The van der Waals surface area contributed by atoms with E-state index in [2.05, 4.69) is 5.32 Å². The molecule has 6 nitrogen and oxygen atoms in total. The fourth-order valence-corrected chi connectivity index (χ4v) is 3.67. The summed E-state index contributed by atoms with van der Waals surface area (Å²) in [6, 6.07) is 4.95. The Morgan fingerprint density at radius 3 is 2.83 bits per heavy atom. The minimum atomic E-state index is -0.151. The van der Waals surface area contributed by atoms with Crippen LogP contribution in [0, 0.1) is 0 Å². The van der Waals surface area contributed by atoms with Gasteiger partial charge >= 0.3 is 6.03 Å². The van der Waals surface area contributed by atoms with Crippen molar-refractivity contribution in [2.75, 3.05) is 24.5 Å². The van der Waals surface area contributed by atoms with E-state index < -0.39 is 0 Å². The van der Waals surface area contributed by atoms with Crippen LogP contribution in [-0.4, -0.2) is 48.6 Å². The number of urea groups is 1. The molecular weight excluding hydrogens is 328 g/mol. The SMILES string of the molecule is CC(N)C1CCCCN1C(=O)c1cc(N2CCNC2=O)ccc1Cl. The van der Waals surface area contributed by atoms with Crippen LogP contribution >= 0.6 is 11.6 Å². The number of halogens is 1. The lowest BCUT2D eigenvalue weighted by molar-refractivity contribution is 0.0584. The van der Waals surface area contributed by atoms with E-state index in [1.807, 2.05) is 11.8 Å². The molecule has 3 rings (SSSR count). The number of benzene rings is 1. The van der Waals surface area contributed by atoms with Gasteiger partial charge in [-0.1, -0.05) is 11.6 Å². The Balaban J connectivity index is 1.89. The first-order chi connectivity index (χ1) is 11.5. The van der Waals surface area contributed by atoms with Crippen LogP contribution in [-0.2, 0) is 0 Å². The molecule has 2 heterocycles. The van der Waals surface area contributed by atoms with Crippen molar-refractivity contribution in [1.29, 1.82) is 0 Å². The lowest BCUT2D eigenvalue weighted by Gasteiger charge is -2.38. The maximum Gasteiger partial charge on any atom is 0.321 e. The molecule has 0 spiro atoms. The number of amides is 3. The average Bonchev–Trinajstić information content (AvgIpc) is 3.00. The monoisotopic (exact) mass is 350 g/mol. The molecule has 7 heteroatoms. The number of nitrogens with zero attached hydrogens (tertiary/aromatic N) is 2. The summed E-state index contributed by atoms with van der Waals surface area (Å²) in [5.74, 6) is -0.108. The smallest absolute Gasteiger partial charge is 0.321 e. The van der Waals surface area contributed by atoms with Gasteiger partial charge in [-0.15, -0.1) is 0 Å². The van der Waals surface area contributed by atoms with Crippen molar-refractivity contribution in [3.63, 3.8) is 0 Å². The zero-order chi connectivity index (χ0) is 17.3. The molecule has 0 aliphatic carbocycles. The lowest BCUT2D eigenvalue weighted by atomic mass is 9.96. The number of piperidine rings is 1. The van der Waals surface area contributed by atoms with E-state index >= 15 is 0 Å². The molecule has 0 bridgehead atoms. The average molecular weight is 351 g/mol. The molecule has 130 valence electrons. The quantitative estimate of drug-likeness (QED) is 0.877. The van der Waals surface area contributed by atoms with Crippen LogP contribution in [0.3, 0.4) is 0 Å². The summed E-state index contributed by atoms with van der Waals surface area (Å²) < 4.78 is 0. The summed E-state index contributed by atoms with van der Waals surface area (Å²) in [4.78, 5) is 28.4. The maximum atomic E-state index is 13.1. The summed E-state index contributed by atoms with van der Waals surface area (Å²) in [6.45, 7) is 3.81. The summed E-state index contributed by atoms with van der Waals surface area (Å²) in [5.41, 5.74) is 7.19. The molecule has 0 saturated carbocycles. The van der Waals surface area contributed by atoms with Crippen molar-refractivity contribution in [3.8, 4) is 0 Å². The van der Waals surface area contributed by atoms with E-state index in [0.717, 1.165) is 19.3 Å². The largest absolute Gasteiger partial charge is 0.336 e. The van der Waals surface area contributed by atoms with Crippen molar-refractivity contribution in [2.24, 2.45) is 5.73 Å². The minimum Gasteiger partial charge on any atom is -0.336 e. The third kappa shape index (κ3) is 3.21. The highest BCUT2D eigenvalue weighted by molar-refractivity contribution is 6.34. The van der Waals surface area contributed by atoms with Crippen molar-refractivity contribution >= 4 is 29.2 Å². The Kier molecular flexibility index (Phi) is 4.96. The molecule has 0 radical (unpaired) electrons. The molecule has 2 fully saturated rings. The summed E-state index contributed by atoms with van der Waals surface area (Å²) >= 11 is 6.28. The predicted molar refractivity (Wildman–Crippen MR) is 94.5 cm³/mol. The van der Waals surface area contributed by atoms with Crippen LogP contribution in [0.2, 0.25) is 5.02 Å². The maximum absolute atomic E-state index is 13.1. The van der Waals surface area contributed by atoms with Gasteiger partial charge in [0, 0.05) is 37.4 Å². The molecule has 2 aliphatic rings. The molecule has 2 saturated heterocycles. The first-order valence-electron chi connectivity index (χ1n) is 8.40. The van der Waals surface area contributed by atoms with Crippen molar-refractivity contribution in [3.05, 3.63) is 28.8 Å². The minimum absolute atomic E-state index is 0.0288. The fraction of sp³-hybridized carbons (Fsp3) is 0.529. The highest BCUT2D eigenvalue weighted by atomic mass is 35.5. The van der Waals surface area contributed by atoms with E-state index in [4.69, 9.17) is 17.3 Å². The van der Waals surface area contributed by atoms with Crippen LogP contribution in [0.25, 0.3) is 0 Å². The number of carbonyl (C=O) groups excluding carboxylic acids is 2. The molecule has 3 amide bonds. The molecule has 24 heavy (non-hydrogen) atoms. The molecule has 2 atom stereocenters. The number of hydrogen-bond acceptors (Lipinski definition) is 3. The number of hydrogen-bond donors (Lipinski definition) is 2. The van der Waals surface area contributed by atoms with Crippen LogP contribution in [0.15, 0.2) is 18.2 Å². The highest BCUT2D eigenvalue weighted by Gasteiger charge is 2.31. The molecular formula is C17H23ClN4O2. The molecule has 2 aliphatic heterocycles. The second-order valence-electron chi connectivity index (χ2n) is 6.47. The van der Waals surface area contributed by atoms with E-state index in [9.17, 15) is 9.59 Å². The third-order valence-electron chi connectivity index (χ3n) is 4.77. The number of likely N-dealkylation sites (tertiary alicyclic amines) is 1. The predicted octanol–water partition coefficient (Wildman–Crippen LogP) is 2.21. The second-order valence-corrected chi connectivity index (χ2v) is 6.88. The number of carbonyl (C=O) groups is 2. The number of anilines is 1. The highest BCUT2D eigenvalue weighted by Crippen LogP contribution is 2.28. The standard InChI is InChI=1S/C17H23ClN4O2/c1-11(19)15-4-2-3-8-22(15)16(23)13-10-12(5-6-14(13)18)21-9-7-20-17(21)24/h5-6,10-11,15H,2-4,7-9,19H2,1H3,(H,20,24). The summed E-state index contributed by atoms with van der Waals surface area (Å²) in [5, 5.41) is 3.16. The second kappa shape index (κ2) is 6.99. The van der Waals surface area contributed by atoms with Crippen LogP contribution in [0.4, 0.5) is 10.5 Å². The van der Waals surface area contributed by atoms with Gasteiger partial charge in [0.25, 0.3) is 5.91 Å². The van der Waals surface area contributed by atoms with Gasteiger partial charge in [0.1, 0.15) is 0 Å². The number of nitrogens with two attached hydrogens (primary N) is 1. The van der Waals surface area contributed by atoms with Gasteiger partial charge in [0.2, 0.25) is 0 Å². The van der Waals surface area contributed by atoms with E-state index in [1.165, 1.54) is 0 Å². The van der Waals surface area contributed by atoms with Gasteiger partial charge in [0.15, 0.2) is 0 Å². The van der Waals surface area contributed by atoms with Crippen LogP contribution in [0.1, 0.15) is 36.5 Å². The molecule has 2 unspecified atom stereocenters. The van der Waals surface area contributed by atoms with Crippen molar-refractivity contribution in [1.82, 2.24) is 10.2 Å². The van der Waals surface area contributed by atoms with Gasteiger partial charge < -0.3 is 16.0 Å². The summed E-state index contributed by atoms with van der Waals surface area (Å²) in [7, 11) is 0. The van der Waals surface area contributed by atoms with Gasteiger partial charge in [0.05, 0.1) is 10.6 Å². The number of nitrogens with one attached hydrogen (secondary N) is 1. The summed E-state index contributed by atoms with van der Waals surface area (Å²) in [6.07, 6.45) is 2.97. The number of rotatable bonds is 3. The van der Waals surface area contributed by atoms with E-state index in [0.29, 0.717) is 35.9 Å². The Bertz CT molecular complexity index is 649. The third-order valence-corrected chi connectivity index (χ3v) is 5.10. The molecule has 3 N–H and O–H groups in total. The van der Waals surface area contributed by atoms with Gasteiger partial charge in [-0.2, -0.15) is 0 Å². The normalized spacial score (nSPS) is 22.5. The van der Waals surface area contributed by atoms with Gasteiger partial charge in [-0.05, 0) is 44.4 Å². The Hall–Kier alpha value is -1.79. The Morgan fingerprint density at radius 1 is 1.38 bits per heavy atom. The van der Waals surface area contributed by atoms with Crippen molar-refractivity contribution < 1.29 is 9.59 Å². The topological polar surface area (TPSA) is 78.7 Å². The first kappa shape index (κ1) is 17.0. The molecule has 1 aromatic carbocycles. The van der Waals surface area contributed by atoms with E-state index in [1.54, 1.807) is 23.1 Å². The van der Waals surface area contributed by atoms with Crippen LogP contribution in [0.5, 0.6) is 0 Å². The molecule has 0 aromatic heterocycles. The van der Waals surface area contributed by atoms with E-state index in [-0.39, 0.29) is 24.0 Å². The van der Waals surface area contributed by atoms with Gasteiger partial charge in [-0.25, -0.2) is 4.79 Å².